The predicted octanol–water partition coefficient (Wildman–Crippen LogP) is 1.47. The van der Waals surface area contributed by atoms with Crippen molar-refractivity contribution in [3.8, 4) is 0 Å². The number of amidine groups is 1. The summed E-state index contributed by atoms with van der Waals surface area (Å²) in [5.74, 6) is 0.918. The molecule has 1 fully saturated rings. The lowest BCUT2D eigenvalue weighted by Gasteiger charge is -2.36. The van der Waals surface area contributed by atoms with E-state index in [9.17, 15) is 0 Å². The minimum atomic E-state index is 0.122. The molecule has 1 saturated carbocycles. The summed E-state index contributed by atoms with van der Waals surface area (Å²) in [6, 6.07) is 2.39. The molecule has 17 heavy (non-hydrogen) atoms. The monoisotopic (exact) mass is 234 g/mol. The molecule has 1 heterocycles. The average molecular weight is 234 g/mol. The van der Waals surface area contributed by atoms with Crippen molar-refractivity contribution in [2.45, 2.75) is 32.2 Å². The highest BCUT2D eigenvalue weighted by Gasteiger charge is 2.26. The van der Waals surface area contributed by atoms with E-state index >= 15 is 0 Å². The van der Waals surface area contributed by atoms with Crippen LogP contribution in [-0.2, 0) is 0 Å². The summed E-state index contributed by atoms with van der Waals surface area (Å²) >= 11 is 0. The number of pyridine rings is 1. The van der Waals surface area contributed by atoms with Crippen LogP contribution in [0.4, 0.5) is 5.82 Å². The summed E-state index contributed by atoms with van der Waals surface area (Å²) in [4.78, 5) is 6.49. The van der Waals surface area contributed by atoms with Crippen LogP contribution in [0.1, 0.15) is 30.4 Å². The first-order valence-corrected chi connectivity index (χ1v) is 5.81. The van der Waals surface area contributed by atoms with Crippen LogP contribution in [0.5, 0.6) is 0 Å². The molecule has 1 aromatic heterocycles. The molecule has 0 saturated heterocycles. The lowest BCUT2D eigenvalue weighted by atomic mass is 9.91. The van der Waals surface area contributed by atoms with Crippen molar-refractivity contribution in [3.63, 3.8) is 0 Å². The normalized spacial score (nSPS) is 16.7. The van der Waals surface area contributed by atoms with E-state index in [1.54, 1.807) is 6.20 Å². The SMILES string of the molecule is Cc1ccnc(N(C)C2CCC2)c1/C(N)=N/O. The molecule has 0 bridgehead atoms. The number of rotatable bonds is 3. The van der Waals surface area contributed by atoms with Gasteiger partial charge >= 0.3 is 0 Å². The standard InChI is InChI=1S/C12H18N4O/c1-8-6-7-14-12(10(8)11(13)15-17)16(2)9-4-3-5-9/h6-7,9,17H,3-5H2,1-2H3,(H2,13,15). The second-order valence-electron chi connectivity index (χ2n) is 4.51. The Hall–Kier alpha value is -1.78. The Morgan fingerprint density at radius 1 is 1.59 bits per heavy atom. The number of nitrogens with zero attached hydrogens (tertiary/aromatic N) is 3. The molecule has 0 spiro atoms. The van der Waals surface area contributed by atoms with Gasteiger partial charge < -0.3 is 15.8 Å². The molecule has 2 rings (SSSR count). The van der Waals surface area contributed by atoms with Gasteiger partial charge in [-0.25, -0.2) is 4.98 Å². The average Bonchev–Trinajstić information content (AvgIpc) is 2.25. The van der Waals surface area contributed by atoms with Gasteiger partial charge in [0.1, 0.15) is 5.82 Å². The van der Waals surface area contributed by atoms with Crippen LogP contribution < -0.4 is 10.6 Å². The smallest absolute Gasteiger partial charge is 0.174 e. The fraction of sp³-hybridized carbons (Fsp3) is 0.500. The highest BCUT2D eigenvalue weighted by Crippen LogP contribution is 2.29. The van der Waals surface area contributed by atoms with Crippen LogP contribution in [0.2, 0.25) is 0 Å². The summed E-state index contributed by atoms with van der Waals surface area (Å²) in [6.45, 7) is 1.94. The van der Waals surface area contributed by atoms with Crippen molar-refractivity contribution in [3.05, 3.63) is 23.4 Å². The first-order valence-electron chi connectivity index (χ1n) is 5.81. The summed E-state index contributed by atoms with van der Waals surface area (Å²) in [6.07, 6.45) is 5.39. The van der Waals surface area contributed by atoms with Crippen molar-refractivity contribution < 1.29 is 5.21 Å². The van der Waals surface area contributed by atoms with E-state index in [1.807, 2.05) is 20.0 Å². The van der Waals surface area contributed by atoms with Crippen molar-refractivity contribution in [1.82, 2.24) is 4.98 Å². The van der Waals surface area contributed by atoms with Gasteiger partial charge in [0.2, 0.25) is 0 Å². The number of anilines is 1. The Morgan fingerprint density at radius 3 is 2.82 bits per heavy atom. The zero-order valence-electron chi connectivity index (χ0n) is 10.2. The number of hydrogen-bond donors (Lipinski definition) is 2. The van der Waals surface area contributed by atoms with Gasteiger partial charge in [-0.2, -0.15) is 0 Å². The Morgan fingerprint density at radius 2 is 2.29 bits per heavy atom. The second kappa shape index (κ2) is 4.61. The fourth-order valence-corrected chi connectivity index (χ4v) is 2.12. The number of oxime groups is 1. The maximum Gasteiger partial charge on any atom is 0.174 e. The van der Waals surface area contributed by atoms with E-state index < -0.39 is 0 Å². The Kier molecular flexibility index (Phi) is 3.17. The molecule has 0 aromatic carbocycles. The van der Waals surface area contributed by atoms with Gasteiger partial charge in [-0.05, 0) is 37.8 Å². The molecule has 0 amide bonds. The Bertz CT molecular complexity index is 440. The van der Waals surface area contributed by atoms with Crippen molar-refractivity contribution in [2.24, 2.45) is 10.9 Å². The Balaban J connectivity index is 2.41. The van der Waals surface area contributed by atoms with E-state index in [0.717, 1.165) is 16.9 Å². The van der Waals surface area contributed by atoms with E-state index in [2.05, 4.69) is 15.0 Å². The van der Waals surface area contributed by atoms with Crippen molar-refractivity contribution in [2.75, 3.05) is 11.9 Å². The first-order chi connectivity index (χ1) is 8.15. The predicted molar refractivity (Wildman–Crippen MR) is 67.5 cm³/mol. The number of aryl methyl sites for hydroxylation is 1. The van der Waals surface area contributed by atoms with Gasteiger partial charge in [0, 0.05) is 19.3 Å². The molecular weight excluding hydrogens is 216 g/mol. The maximum atomic E-state index is 8.85. The molecule has 5 nitrogen and oxygen atoms in total. The lowest BCUT2D eigenvalue weighted by Crippen LogP contribution is -2.39. The molecule has 1 aliphatic rings. The van der Waals surface area contributed by atoms with Crippen LogP contribution in [0.3, 0.4) is 0 Å². The molecule has 0 unspecified atom stereocenters. The number of hydrogen-bond acceptors (Lipinski definition) is 4. The highest BCUT2D eigenvalue weighted by molar-refractivity contribution is 6.02. The van der Waals surface area contributed by atoms with E-state index in [4.69, 9.17) is 10.9 Å². The van der Waals surface area contributed by atoms with Crippen LogP contribution in [-0.4, -0.2) is 29.1 Å². The van der Waals surface area contributed by atoms with Gasteiger partial charge in [-0.1, -0.05) is 5.16 Å². The molecule has 1 aliphatic carbocycles. The van der Waals surface area contributed by atoms with Gasteiger partial charge in [-0.3, -0.25) is 0 Å². The van der Waals surface area contributed by atoms with Crippen LogP contribution in [0.25, 0.3) is 0 Å². The third-order valence-corrected chi connectivity index (χ3v) is 3.46. The molecule has 3 N–H and O–H groups in total. The van der Waals surface area contributed by atoms with E-state index in [0.29, 0.717) is 6.04 Å². The third-order valence-electron chi connectivity index (χ3n) is 3.46. The molecular formula is C12H18N4O. The zero-order valence-corrected chi connectivity index (χ0v) is 10.2. The molecule has 5 heteroatoms. The molecule has 0 radical (unpaired) electrons. The number of aromatic nitrogens is 1. The largest absolute Gasteiger partial charge is 0.409 e. The maximum absolute atomic E-state index is 8.85. The van der Waals surface area contributed by atoms with Crippen LogP contribution in [0, 0.1) is 6.92 Å². The summed E-state index contributed by atoms with van der Waals surface area (Å²) < 4.78 is 0. The molecule has 1 aromatic rings. The minimum Gasteiger partial charge on any atom is -0.409 e. The zero-order chi connectivity index (χ0) is 12.4. The fourth-order valence-electron chi connectivity index (χ4n) is 2.12. The minimum absolute atomic E-state index is 0.122. The van der Waals surface area contributed by atoms with E-state index in [1.165, 1.54) is 19.3 Å². The van der Waals surface area contributed by atoms with Gasteiger partial charge in [0.15, 0.2) is 5.84 Å². The van der Waals surface area contributed by atoms with Crippen molar-refractivity contribution in [1.29, 1.82) is 0 Å². The first kappa shape index (κ1) is 11.7. The molecule has 92 valence electrons. The summed E-state index contributed by atoms with van der Waals surface area (Å²) in [5.41, 5.74) is 7.42. The van der Waals surface area contributed by atoms with Crippen molar-refractivity contribution >= 4 is 11.7 Å². The summed E-state index contributed by atoms with van der Waals surface area (Å²) in [7, 11) is 2.01. The van der Waals surface area contributed by atoms with Gasteiger partial charge in [-0.15, -0.1) is 0 Å². The van der Waals surface area contributed by atoms with Crippen LogP contribution in [0.15, 0.2) is 17.4 Å². The second-order valence-corrected chi connectivity index (χ2v) is 4.51. The third kappa shape index (κ3) is 2.05. The molecule has 0 aliphatic heterocycles. The number of nitrogens with two attached hydrogens (primary N) is 1. The molecule has 0 atom stereocenters. The summed E-state index contributed by atoms with van der Waals surface area (Å²) in [5, 5.41) is 11.9. The van der Waals surface area contributed by atoms with Crippen LogP contribution >= 0.6 is 0 Å². The van der Waals surface area contributed by atoms with Gasteiger partial charge in [0.25, 0.3) is 0 Å². The van der Waals surface area contributed by atoms with Gasteiger partial charge in [0.05, 0.1) is 5.56 Å². The quantitative estimate of drug-likeness (QED) is 0.359. The Labute approximate surface area is 101 Å². The topological polar surface area (TPSA) is 74.7 Å². The van der Waals surface area contributed by atoms with E-state index in [-0.39, 0.29) is 5.84 Å². The highest BCUT2D eigenvalue weighted by atomic mass is 16.4. The lowest BCUT2D eigenvalue weighted by molar-refractivity contribution is 0.318.